The number of hydrogen-bond acceptors (Lipinski definition) is 7. The Kier molecular flexibility index (Phi) is 4.57. The molecule has 3 heterocycles. The number of benzene rings is 1. The number of rotatable bonds is 4. The van der Waals surface area contributed by atoms with E-state index in [0.29, 0.717) is 36.2 Å². The van der Waals surface area contributed by atoms with E-state index in [2.05, 4.69) is 15.3 Å². The first-order valence-electron chi connectivity index (χ1n) is 8.70. The van der Waals surface area contributed by atoms with E-state index in [1.165, 1.54) is 0 Å². The van der Waals surface area contributed by atoms with Crippen LogP contribution in [0, 0.1) is 0 Å². The fourth-order valence-corrected chi connectivity index (χ4v) is 2.97. The summed E-state index contributed by atoms with van der Waals surface area (Å²) in [5.41, 5.74) is 0.665. The Morgan fingerprint density at radius 1 is 1.30 bits per heavy atom. The molecule has 0 bridgehead atoms. The fraction of sp³-hybridized carbons (Fsp3) is 0.389. The van der Waals surface area contributed by atoms with Crippen molar-refractivity contribution in [2.45, 2.75) is 12.5 Å². The van der Waals surface area contributed by atoms with Crippen molar-refractivity contribution in [2.75, 3.05) is 44.2 Å². The summed E-state index contributed by atoms with van der Waals surface area (Å²) in [6, 6.07) is 5.15. The van der Waals surface area contributed by atoms with E-state index in [9.17, 15) is 4.79 Å². The van der Waals surface area contributed by atoms with Gasteiger partial charge in [-0.25, -0.2) is 4.79 Å². The van der Waals surface area contributed by atoms with Gasteiger partial charge in [-0.1, -0.05) is 0 Å². The highest BCUT2D eigenvalue weighted by molar-refractivity contribution is 5.90. The van der Waals surface area contributed by atoms with E-state index in [-0.39, 0.29) is 18.9 Å². The van der Waals surface area contributed by atoms with Gasteiger partial charge in [0.1, 0.15) is 6.10 Å². The predicted molar refractivity (Wildman–Crippen MR) is 98.5 cm³/mol. The van der Waals surface area contributed by atoms with Gasteiger partial charge in [0, 0.05) is 38.8 Å². The van der Waals surface area contributed by atoms with Gasteiger partial charge in [0.2, 0.25) is 12.7 Å². The summed E-state index contributed by atoms with van der Waals surface area (Å²) in [6.07, 6.45) is 3.89. The zero-order valence-electron chi connectivity index (χ0n) is 15.2. The smallest absolute Gasteiger partial charge is 0.321 e. The number of hydrogen-bond donors (Lipinski definition) is 1. The average molecular weight is 371 g/mol. The first-order chi connectivity index (χ1) is 13.1. The lowest BCUT2D eigenvalue weighted by molar-refractivity contribution is 0.174. The molecule has 142 valence electrons. The van der Waals surface area contributed by atoms with Crippen molar-refractivity contribution in [3.05, 3.63) is 30.6 Å². The van der Waals surface area contributed by atoms with Crippen LogP contribution in [-0.4, -0.2) is 61.0 Å². The Hall–Kier alpha value is -3.23. The highest BCUT2D eigenvalue weighted by Crippen LogP contribution is 2.34. The van der Waals surface area contributed by atoms with Gasteiger partial charge >= 0.3 is 6.03 Å². The van der Waals surface area contributed by atoms with Crippen LogP contribution in [0.5, 0.6) is 17.4 Å². The summed E-state index contributed by atoms with van der Waals surface area (Å²) in [7, 11) is 3.79. The molecular weight excluding hydrogens is 350 g/mol. The molecule has 0 aliphatic carbocycles. The van der Waals surface area contributed by atoms with Crippen molar-refractivity contribution in [1.29, 1.82) is 0 Å². The molecule has 2 amide bonds. The van der Waals surface area contributed by atoms with E-state index in [0.717, 1.165) is 12.2 Å². The molecular formula is C18H21N5O4. The Morgan fingerprint density at radius 3 is 3.00 bits per heavy atom. The highest BCUT2D eigenvalue weighted by atomic mass is 16.7. The first-order valence-corrected chi connectivity index (χ1v) is 8.70. The quantitative estimate of drug-likeness (QED) is 0.879. The molecule has 1 aromatic carbocycles. The minimum Gasteiger partial charge on any atom is -0.471 e. The summed E-state index contributed by atoms with van der Waals surface area (Å²) in [5.74, 6) is 2.51. The number of carbonyl (C=O) groups is 1. The second-order valence-corrected chi connectivity index (χ2v) is 6.58. The van der Waals surface area contributed by atoms with E-state index >= 15 is 0 Å². The number of carbonyl (C=O) groups excluding carboxylic acids is 1. The van der Waals surface area contributed by atoms with Crippen LogP contribution in [0.3, 0.4) is 0 Å². The van der Waals surface area contributed by atoms with Crippen molar-refractivity contribution >= 4 is 17.5 Å². The van der Waals surface area contributed by atoms with Crippen LogP contribution in [0.25, 0.3) is 0 Å². The molecule has 9 nitrogen and oxygen atoms in total. The number of nitrogens with one attached hydrogen (secondary N) is 1. The van der Waals surface area contributed by atoms with E-state index < -0.39 is 0 Å². The minimum atomic E-state index is -0.173. The Bertz CT molecular complexity index is 844. The standard InChI is InChI=1S/C18H21N5O4/c1-22(2)16-8-19-9-17(21-16)27-13-5-6-23(10-13)18(24)20-12-3-4-14-15(7-12)26-11-25-14/h3-4,7-9,13H,5-6,10-11H2,1-2H3,(H,20,24). The molecule has 1 saturated heterocycles. The number of aromatic nitrogens is 2. The third-order valence-electron chi connectivity index (χ3n) is 4.40. The summed E-state index contributed by atoms with van der Waals surface area (Å²) >= 11 is 0. The largest absolute Gasteiger partial charge is 0.471 e. The number of anilines is 2. The van der Waals surface area contributed by atoms with Gasteiger partial charge in [0.15, 0.2) is 17.3 Å². The van der Waals surface area contributed by atoms with Gasteiger partial charge < -0.3 is 29.3 Å². The molecule has 1 unspecified atom stereocenters. The van der Waals surface area contributed by atoms with Crippen LogP contribution in [0.4, 0.5) is 16.3 Å². The average Bonchev–Trinajstić information content (AvgIpc) is 3.31. The fourth-order valence-electron chi connectivity index (χ4n) is 2.97. The molecule has 1 fully saturated rings. The molecule has 2 aromatic rings. The Morgan fingerprint density at radius 2 is 2.15 bits per heavy atom. The van der Waals surface area contributed by atoms with Crippen LogP contribution in [-0.2, 0) is 0 Å². The topological polar surface area (TPSA) is 89.1 Å². The van der Waals surface area contributed by atoms with Crippen molar-refractivity contribution in [1.82, 2.24) is 14.9 Å². The molecule has 0 saturated carbocycles. The molecule has 4 rings (SSSR count). The van der Waals surface area contributed by atoms with Gasteiger partial charge in [-0.05, 0) is 12.1 Å². The molecule has 2 aliphatic rings. The summed E-state index contributed by atoms with van der Waals surface area (Å²) in [4.78, 5) is 24.6. The third kappa shape index (κ3) is 3.81. The lowest BCUT2D eigenvalue weighted by Crippen LogP contribution is -2.34. The predicted octanol–water partition coefficient (Wildman–Crippen LogP) is 1.96. The number of likely N-dealkylation sites (tertiary alicyclic amines) is 1. The van der Waals surface area contributed by atoms with Gasteiger partial charge in [0.25, 0.3) is 0 Å². The lowest BCUT2D eigenvalue weighted by Gasteiger charge is -2.18. The minimum absolute atomic E-state index is 0.112. The Balaban J connectivity index is 1.33. The third-order valence-corrected chi connectivity index (χ3v) is 4.40. The molecule has 0 radical (unpaired) electrons. The van der Waals surface area contributed by atoms with Gasteiger partial charge in [0.05, 0.1) is 18.9 Å². The molecule has 2 aliphatic heterocycles. The maximum Gasteiger partial charge on any atom is 0.321 e. The molecule has 0 spiro atoms. The molecule has 1 atom stereocenters. The van der Waals surface area contributed by atoms with Crippen molar-refractivity contribution < 1.29 is 19.0 Å². The molecule has 9 heteroatoms. The lowest BCUT2D eigenvalue weighted by atomic mass is 10.3. The second kappa shape index (κ2) is 7.18. The Labute approximate surface area is 156 Å². The van der Waals surface area contributed by atoms with E-state index in [1.807, 2.05) is 19.0 Å². The molecule has 1 N–H and O–H groups in total. The highest BCUT2D eigenvalue weighted by Gasteiger charge is 2.28. The van der Waals surface area contributed by atoms with Crippen molar-refractivity contribution in [3.63, 3.8) is 0 Å². The van der Waals surface area contributed by atoms with Crippen LogP contribution in [0.2, 0.25) is 0 Å². The maximum atomic E-state index is 12.5. The number of fused-ring (bicyclic) bond motifs is 1. The van der Waals surface area contributed by atoms with Crippen LogP contribution in [0.15, 0.2) is 30.6 Å². The zero-order valence-corrected chi connectivity index (χ0v) is 15.2. The second-order valence-electron chi connectivity index (χ2n) is 6.58. The van der Waals surface area contributed by atoms with Gasteiger partial charge in [-0.2, -0.15) is 4.98 Å². The molecule has 27 heavy (non-hydrogen) atoms. The van der Waals surface area contributed by atoms with E-state index in [1.54, 1.807) is 35.5 Å². The number of nitrogens with zero attached hydrogens (tertiary/aromatic N) is 4. The van der Waals surface area contributed by atoms with Gasteiger partial charge in [-0.3, -0.25) is 4.98 Å². The zero-order chi connectivity index (χ0) is 18.8. The number of ether oxygens (including phenoxy) is 3. The SMILES string of the molecule is CN(C)c1cncc(OC2CCN(C(=O)Nc3ccc4c(c3)OCO4)C2)n1. The van der Waals surface area contributed by atoms with Crippen LogP contribution < -0.4 is 24.4 Å². The molecule has 1 aromatic heterocycles. The summed E-state index contributed by atoms with van der Waals surface area (Å²) < 4.78 is 16.5. The maximum absolute atomic E-state index is 12.5. The first kappa shape index (κ1) is 17.2. The van der Waals surface area contributed by atoms with Crippen molar-refractivity contribution in [3.8, 4) is 17.4 Å². The normalized spacial score (nSPS) is 17.7. The number of urea groups is 1. The van der Waals surface area contributed by atoms with E-state index in [4.69, 9.17) is 14.2 Å². The number of amides is 2. The summed E-state index contributed by atoms with van der Waals surface area (Å²) in [6.45, 7) is 1.31. The monoisotopic (exact) mass is 371 g/mol. The van der Waals surface area contributed by atoms with Gasteiger partial charge in [-0.15, -0.1) is 0 Å². The summed E-state index contributed by atoms with van der Waals surface area (Å²) in [5, 5.41) is 2.88. The van der Waals surface area contributed by atoms with Crippen LogP contribution >= 0.6 is 0 Å². The van der Waals surface area contributed by atoms with Crippen LogP contribution in [0.1, 0.15) is 6.42 Å². The van der Waals surface area contributed by atoms with Crippen molar-refractivity contribution in [2.24, 2.45) is 0 Å².